The van der Waals surface area contributed by atoms with Gasteiger partial charge in [0.1, 0.15) is 6.10 Å². The zero-order chi connectivity index (χ0) is 19.1. The van der Waals surface area contributed by atoms with Crippen molar-refractivity contribution in [3.8, 4) is 0 Å². The second-order valence-corrected chi connectivity index (χ2v) is 8.07. The number of aliphatic carboxylic acids is 1. The van der Waals surface area contributed by atoms with Crippen molar-refractivity contribution < 1.29 is 19.4 Å². The van der Waals surface area contributed by atoms with Crippen LogP contribution in [-0.2, 0) is 9.53 Å². The van der Waals surface area contributed by atoms with Crippen LogP contribution in [-0.4, -0.2) is 103 Å². The van der Waals surface area contributed by atoms with Gasteiger partial charge in [0.15, 0.2) is 0 Å². The summed E-state index contributed by atoms with van der Waals surface area (Å²) < 4.78 is 5.57. The standard InChI is InChI=1S/C19H34N4O4/c24-18(25)5-9-21-10-12-22(13-11-21)14-17-15-23(19(26)27-17)8-1-2-16-3-6-20-7-4-16/h16-17,20H,1-15H2,(H,24,25). The SMILES string of the molecule is O=C(O)CCN1CCN(CC2CN(CCCC3CCNCC3)C(=O)O2)CC1. The fourth-order valence-electron chi connectivity index (χ4n) is 4.33. The Balaban J connectivity index is 1.30. The summed E-state index contributed by atoms with van der Waals surface area (Å²) >= 11 is 0. The number of amides is 1. The fraction of sp³-hybridized carbons (Fsp3) is 0.895. The molecule has 3 saturated heterocycles. The largest absolute Gasteiger partial charge is 0.481 e. The quantitative estimate of drug-likeness (QED) is 0.606. The van der Waals surface area contributed by atoms with Gasteiger partial charge in [-0.3, -0.25) is 9.69 Å². The van der Waals surface area contributed by atoms with E-state index in [2.05, 4.69) is 15.1 Å². The molecule has 3 heterocycles. The minimum absolute atomic E-state index is 0.0399. The number of nitrogens with one attached hydrogen (secondary N) is 1. The van der Waals surface area contributed by atoms with Gasteiger partial charge >= 0.3 is 12.1 Å². The first-order valence-electron chi connectivity index (χ1n) is 10.4. The van der Waals surface area contributed by atoms with E-state index >= 15 is 0 Å². The molecule has 8 nitrogen and oxygen atoms in total. The summed E-state index contributed by atoms with van der Waals surface area (Å²) in [7, 11) is 0. The molecule has 154 valence electrons. The van der Waals surface area contributed by atoms with Crippen molar-refractivity contribution in [3.05, 3.63) is 0 Å². The Labute approximate surface area is 161 Å². The fourth-order valence-corrected chi connectivity index (χ4v) is 4.33. The third-order valence-electron chi connectivity index (χ3n) is 6.02. The van der Waals surface area contributed by atoms with E-state index in [-0.39, 0.29) is 18.6 Å². The molecule has 1 amide bonds. The molecular weight excluding hydrogens is 348 g/mol. The van der Waals surface area contributed by atoms with Gasteiger partial charge < -0.3 is 25.0 Å². The minimum Gasteiger partial charge on any atom is -0.481 e. The van der Waals surface area contributed by atoms with Crippen molar-refractivity contribution >= 4 is 12.1 Å². The van der Waals surface area contributed by atoms with E-state index in [1.807, 2.05) is 4.90 Å². The number of hydrogen-bond acceptors (Lipinski definition) is 6. The summed E-state index contributed by atoms with van der Waals surface area (Å²) in [6, 6.07) is 0. The lowest BCUT2D eigenvalue weighted by Crippen LogP contribution is -2.49. The number of carboxylic acids is 1. The van der Waals surface area contributed by atoms with Crippen LogP contribution in [0.15, 0.2) is 0 Å². The van der Waals surface area contributed by atoms with Crippen molar-refractivity contribution in [2.45, 2.75) is 38.2 Å². The molecule has 1 unspecified atom stereocenters. The van der Waals surface area contributed by atoms with E-state index in [4.69, 9.17) is 9.84 Å². The maximum Gasteiger partial charge on any atom is 0.410 e. The predicted molar refractivity (Wildman–Crippen MR) is 102 cm³/mol. The Morgan fingerprint density at radius 1 is 1.11 bits per heavy atom. The summed E-state index contributed by atoms with van der Waals surface area (Å²) in [4.78, 5) is 29.2. The normalized spacial score (nSPS) is 25.7. The van der Waals surface area contributed by atoms with Crippen LogP contribution in [0.25, 0.3) is 0 Å². The number of carbonyl (C=O) groups is 2. The number of carbonyl (C=O) groups excluding carboxylic acids is 1. The van der Waals surface area contributed by atoms with Gasteiger partial charge in [-0.2, -0.15) is 0 Å². The number of piperidine rings is 1. The molecule has 3 fully saturated rings. The van der Waals surface area contributed by atoms with Gasteiger partial charge in [0, 0.05) is 45.8 Å². The summed E-state index contributed by atoms with van der Waals surface area (Å²) in [5.74, 6) is 0.0636. The molecular formula is C19H34N4O4. The van der Waals surface area contributed by atoms with Crippen LogP contribution in [0.3, 0.4) is 0 Å². The van der Waals surface area contributed by atoms with Crippen molar-refractivity contribution in [1.29, 1.82) is 0 Å². The highest BCUT2D eigenvalue weighted by molar-refractivity contribution is 5.69. The highest BCUT2D eigenvalue weighted by Gasteiger charge is 2.32. The van der Waals surface area contributed by atoms with Crippen LogP contribution in [0.1, 0.15) is 32.1 Å². The van der Waals surface area contributed by atoms with Crippen LogP contribution in [0.5, 0.6) is 0 Å². The second kappa shape index (κ2) is 10.2. The van der Waals surface area contributed by atoms with E-state index in [0.29, 0.717) is 13.1 Å². The first-order valence-corrected chi connectivity index (χ1v) is 10.4. The van der Waals surface area contributed by atoms with E-state index in [1.165, 1.54) is 19.3 Å². The average molecular weight is 383 g/mol. The van der Waals surface area contributed by atoms with Crippen molar-refractivity contribution in [3.63, 3.8) is 0 Å². The van der Waals surface area contributed by atoms with Gasteiger partial charge in [0.2, 0.25) is 0 Å². The number of cyclic esters (lactones) is 1. The zero-order valence-electron chi connectivity index (χ0n) is 16.3. The van der Waals surface area contributed by atoms with Gasteiger partial charge in [-0.25, -0.2) is 4.79 Å². The Kier molecular flexibility index (Phi) is 7.72. The van der Waals surface area contributed by atoms with Crippen LogP contribution in [0.2, 0.25) is 0 Å². The summed E-state index contributed by atoms with van der Waals surface area (Å²) in [5.41, 5.74) is 0. The number of piperazine rings is 1. The Bertz CT molecular complexity index is 490. The lowest BCUT2D eigenvalue weighted by atomic mass is 9.93. The first-order chi connectivity index (χ1) is 13.1. The topological polar surface area (TPSA) is 85.4 Å². The molecule has 3 rings (SSSR count). The van der Waals surface area contributed by atoms with Crippen LogP contribution in [0, 0.1) is 5.92 Å². The molecule has 0 bridgehead atoms. The van der Waals surface area contributed by atoms with E-state index in [9.17, 15) is 9.59 Å². The highest BCUT2D eigenvalue weighted by Crippen LogP contribution is 2.20. The lowest BCUT2D eigenvalue weighted by molar-refractivity contribution is -0.137. The molecule has 3 aliphatic rings. The minimum atomic E-state index is -0.740. The van der Waals surface area contributed by atoms with Gasteiger partial charge in [-0.1, -0.05) is 0 Å². The Morgan fingerprint density at radius 2 is 1.81 bits per heavy atom. The summed E-state index contributed by atoms with van der Waals surface area (Å²) in [5, 5.41) is 12.2. The zero-order valence-corrected chi connectivity index (χ0v) is 16.3. The molecule has 27 heavy (non-hydrogen) atoms. The summed E-state index contributed by atoms with van der Waals surface area (Å²) in [6.07, 6.45) is 4.78. The van der Waals surface area contributed by atoms with Gasteiger partial charge in [-0.15, -0.1) is 0 Å². The maximum atomic E-state index is 12.1. The van der Waals surface area contributed by atoms with Gasteiger partial charge in [0.25, 0.3) is 0 Å². The van der Waals surface area contributed by atoms with Crippen LogP contribution >= 0.6 is 0 Å². The maximum absolute atomic E-state index is 12.1. The molecule has 2 N–H and O–H groups in total. The first kappa shape index (κ1) is 20.4. The molecule has 1 atom stereocenters. The molecule has 0 radical (unpaired) electrons. The number of nitrogens with zero attached hydrogens (tertiary/aromatic N) is 3. The smallest absolute Gasteiger partial charge is 0.410 e. The Morgan fingerprint density at radius 3 is 2.52 bits per heavy atom. The Hall–Kier alpha value is -1.38. The molecule has 0 saturated carbocycles. The molecule has 0 aromatic carbocycles. The van der Waals surface area contributed by atoms with Gasteiger partial charge in [0.05, 0.1) is 13.0 Å². The van der Waals surface area contributed by atoms with Crippen molar-refractivity contribution in [2.75, 3.05) is 65.4 Å². The molecule has 0 aromatic rings. The van der Waals surface area contributed by atoms with Crippen LogP contribution in [0.4, 0.5) is 4.79 Å². The van der Waals surface area contributed by atoms with Gasteiger partial charge in [-0.05, 0) is 44.7 Å². The number of rotatable bonds is 9. The molecule has 0 aliphatic carbocycles. The molecule has 8 heteroatoms. The van der Waals surface area contributed by atoms with E-state index < -0.39 is 5.97 Å². The lowest BCUT2D eigenvalue weighted by Gasteiger charge is -2.35. The third-order valence-corrected chi connectivity index (χ3v) is 6.02. The molecule has 3 aliphatic heterocycles. The van der Waals surface area contributed by atoms with Crippen molar-refractivity contribution in [2.24, 2.45) is 5.92 Å². The number of hydrogen-bond donors (Lipinski definition) is 2. The monoisotopic (exact) mass is 382 g/mol. The number of carboxylic acid groups (broad SMARTS) is 1. The van der Waals surface area contributed by atoms with Crippen LogP contribution < -0.4 is 5.32 Å². The van der Waals surface area contributed by atoms with E-state index in [0.717, 1.165) is 64.7 Å². The number of ether oxygens (including phenoxy) is 1. The molecule has 0 spiro atoms. The highest BCUT2D eigenvalue weighted by atomic mass is 16.6. The molecule has 0 aromatic heterocycles. The third kappa shape index (κ3) is 6.62. The van der Waals surface area contributed by atoms with E-state index in [1.54, 1.807) is 0 Å². The average Bonchev–Trinajstić information content (AvgIpc) is 3.01. The second-order valence-electron chi connectivity index (χ2n) is 8.07. The predicted octanol–water partition coefficient (Wildman–Crippen LogP) is 0.679. The summed E-state index contributed by atoms with van der Waals surface area (Å²) in [6.45, 7) is 8.74. The van der Waals surface area contributed by atoms with Crippen molar-refractivity contribution in [1.82, 2.24) is 20.0 Å².